The van der Waals surface area contributed by atoms with Gasteiger partial charge in [-0.2, -0.15) is 0 Å². The van der Waals surface area contributed by atoms with Gasteiger partial charge in [0, 0.05) is 0 Å². The summed E-state index contributed by atoms with van der Waals surface area (Å²) in [6, 6.07) is 6.74. The molecule has 3 rings (SSSR count). The minimum absolute atomic E-state index is 0.0519. The van der Waals surface area contributed by atoms with Crippen molar-refractivity contribution in [3.8, 4) is 0 Å². The van der Waals surface area contributed by atoms with E-state index in [-0.39, 0.29) is 31.7 Å². The van der Waals surface area contributed by atoms with E-state index in [2.05, 4.69) is 4.98 Å². The molecule has 1 aliphatic rings. The Bertz CT molecular complexity index is 907. The molecular weight excluding hydrogens is 393 g/mol. The number of H-pyrrole nitrogens is 1. The summed E-state index contributed by atoms with van der Waals surface area (Å²) in [6.07, 6.45) is 2.50. The Morgan fingerprint density at radius 1 is 1.36 bits per heavy atom. The molecule has 9 heteroatoms. The van der Waals surface area contributed by atoms with Crippen molar-refractivity contribution in [3.05, 3.63) is 67.0 Å². The molecular formula is C16H17N3O5Se. The summed E-state index contributed by atoms with van der Waals surface area (Å²) in [5, 5.41) is 11.8. The van der Waals surface area contributed by atoms with Crippen molar-refractivity contribution in [2.75, 3.05) is 0 Å². The van der Waals surface area contributed by atoms with Crippen molar-refractivity contribution in [1.29, 1.82) is 0 Å². The van der Waals surface area contributed by atoms with Gasteiger partial charge >= 0.3 is 149 Å². The predicted octanol–water partition coefficient (Wildman–Crippen LogP) is 0.879. The molecule has 1 saturated heterocycles. The van der Waals surface area contributed by atoms with E-state index in [1.54, 1.807) is 25.1 Å². The van der Waals surface area contributed by atoms with Gasteiger partial charge in [0.1, 0.15) is 0 Å². The van der Waals surface area contributed by atoms with Crippen LogP contribution >= 0.6 is 0 Å². The fourth-order valence-corrected chi connectivity index (χ4v) is 4.98. The van der Waals surface area contributed by atoms with E-state index in [4.69, 9.17) is 4.74 Å². The molecule has 2 atom stereocenters. The zero-order chi connectivity index (χ0) is 18.0. The van der Waals surface area contributed by atoms with Gasteiger partial charge in [-0.15, -0.1) is 0 Å². The van der Waals surface area contributed by atoms with Crippen molar-refractivity contribution >= 4 is 25.1 Å². The van der Waals surface area contributed by atoms with Crippen LogP contribution < -0.4 is 15.7 Å². The number of rotatable bonds is 5. The Hall–Kier alpha value is -2.22. The van der Waals surface area contributed by atoms with Crippen molar-refractivity contribution in [2.24, 2.45) is 0 Å². The van der Waals surface area contributed by atoms with Crippen LogP contribution in [0.1, 0.15) is 24.6 Å². The first-order valence-electron chi connectivity index (χ1n) is 7.79. The number of nitrogens with zero attached hydrogens (tertiary/aromatic N) is 2. The Morgan fingerprint density at radius 2 is 2.12 bits per heavy atom. The van der Waals surface area contributed by atoms with Gasteiger partial charge in [0.05, 0.1) is 0 Å². The fourth-order valence-electron chi connectivity index (χ4n) is 2.73. The molecule has 2 heterocycles. The van der Waals surface area contributed by atoms with Gasteiger partial charge in [-0.25, -0.2) is 0 Å². The van der Waals surface area contributed by atoms with Crippen LogP contribution in [-0.2, 0) is 4.74 Å². The number of nitrogens with one attached hydrogen (secondary N) is 1. The number of hydrogen-bond acceptors (Lipinski definition) is 5. The van der Waals surface area contributed by atoms with Gasteiger partial charge in [-0.1, -0.05) is 0 Å². The quantitative estimate of drug-likeness (QED) is 0.447. The molecule has 0 amide bonds. The summed E-state index contributed by atoms with van der Waals surface area (Å²) in [4.78, 5) is 36.4. The number of aromatic nitrogens is 2. The number of para-hydroxylation sites is 1. The van der Waals surface area contributed by atoms with Crippen LogP contribution in [0.4, 0.5) is 5.69 Å². The van der Waals surface area contributed by atoms with E-state index in [1.807, 2.05) is 0 Å². The molecule has 8 nitrogen and oxygen atoms in total. The zero-order valence-electron chi connectivity index (χ0n) is 13.5. The van der Waals surface area contributed by atoms with E-state index in [9.17, 15) is 19.7 Å². The third-order valence-electron chi connectivity index (χ3n) is 4.03. The summed E-state index contributed by atoms with van der Waals surface area (Å²) in [5.74, 6) is 0. The third-order valence-corrected chi connectivity index (χ3v) is 6.53. The first-order valence-corrected chi connectivity index (χ1v) is 9.86. The molecule has 1 fully saturated rings. The van der Waals surface area contributed by atoms with Crippen LogP contribution in [0.2, 0.25) is 5.32 Å². The Labute approximate surface area is 149 Å². The molecule has 1 N–H and O–H groups in total. The van der Waals surface area contributed by atoms with Gasteiger partial charge in [-0.3, -0.25) is 0 Å². The molecule has 1 aromatic heterocycles. The number of nitro groups is 1. The molecule has 25 heavy (non-hydrogen) atoms. The molecule has 0 spiro atoms. The summed E-state index contributed by atoms with van der Waals surface area (Å²) in [5.41, 5.74) is -0.277. The Kier molecular flexibility index (Phi) is 5.17. The summed E-state index contributed by atoms with van der Waals surface area (Å²) in [7, 11) is 0. The van der Waals surface area contributed by atoms with E-state index < -0.39 is 17.5 Å². The number of aryl methyl sites for hydroxylation is 1. The van der Waals surface area contributed by atoms with E-state index in [0.29, 0.717) is 17.3 Å². The second-order valence-electron chi connectivity index (χ2n) is 5.80. The van der Waals surface area contributed by atoms with Crippen molar-refractivity contribution in [2.45, 2.75) is 37.4 Å². The number of nitro benzene ring substituents is 1. The number of hydrogen-bond donors (Lipinski definition) is 1. The standard InChI is InChI=1S/C16H17N3O5Se/c1-10-8-18(16(21)17-15(10)20)14-7-6-11(24-14)9-25-13-5-3-2-4-12(13)19(22)23/h2-5,8,11,14H,6-7,9H2,1H3,(H,17,20,21)/t11-,14+/m0/s1. The van der Waals surface area contributed by atoms with E-state index in [0.717, 1.165) is 10.9 Å². The molecule has 132 valence electrons. The van der Waals surface area contributed by atoms with Gasteiger partial charge in [0.25, 0.3) is 0 Å². The molecule has 1 aromatic carbocycles. The SMILES string of the molecule is Cc1cn([C@H]2CC[C@@H](C[Se]c3ccccc3[N+](=O)[O-])O2)c(=O)[nH]c1=O. The van der Waals surface area contributed by atoms with E-state index >= 15 is 0 Å². The van der Waals surface area contributed by atoms with Crippen molar-refractivity contribution < 1.29 is 9.66 Å². The normalized spacial score (nSPS) is 19.9. The molecule has 0 aliphatic carbocycles. The predicted molar refractivity (Wildman–Crippen MR) is 92.5 cm³/mol. The van der Waals surface area contributed by atoms with Crippen LogP contribution in [0.3, 0.4) is 0 Å². The maximum atomic E-state index is 11.9. The average molecular weight is 410 g/mol. The van der Waals surface area contributed by atoms with Crippen molar-refractivity contribution in [3.63, 3.8) is 0 Å². The zero-order valence-corrected chi connectivity index (χ0v) is 15.2. The molecule has 0 radical (unpaired) electrons. The van der Waals surface area contributed by atoms with Gasteiger partial charge in [0.2, 0.25) is 0 Å². The van der Waals surface area contributed by atoms with Gasteiger partial charge in [0.15, 0.2) is 0 Å². The molecule has 1 aliphatic heterocycles. The molecule has 0 bridgehead atoms. The van der Waals surface area contributed by atoms with Crippen LogP contribution in [0.5, 0.6) is 0 Å². The monoisotopic (exact) mass is 411 g/mol. The summed E-state index contributed by atoms with van der Waals surface area (Å²) < 4.78 is 8.08. The summed E-state index contributed by atoms with van der Waals surface area (Å²) in [6.45, 7) is 1.64. The van der Waals surface area contributed by atoms with Crippen LogP contribution in [0, 0.1) is 17.0 Å². The number of aromatic amines is 1. The van der Waals surface area contributed by atoms with Crippen molar-refractivity contribution in [1.82, 2.24) is 9.55 Å². The molecule has 2 aromatic rings. The minimum atomic E-state index is -0.481. The van der Waals surface area contributed by atoms with Crippen LogP contribution in [0.25, 0.3) is 0 Å². The number of benzene rings is 1. The van der Waals surface area contributed by atoms with Gasteiger partial charge < -0.3 is 0 Å². The van der Waals surface area contributed by atoms with Crippen LogP contribution in [-0.4, -0.2) is 35.5 Å². The number of ether oxygens (including phenoxy) is 1. The first-order chi connectivity index (χ1) is 12.0. The fraction of sp³-hybridized carbons (Fsp3) is 0.375. The Balaban J connectivity index is 1.67. The third kappa shape index (κ3) is 3.89. The molecule has 0 saturated carbocycles. The van der Waals surface area contributed by atoms with E-state index in [1.165, 1.54) is 16.8 Å². The van der Waals surface area contributed by atoms with Gasteiger partial charge in [-0.05, 0) is 0 Å². The first kappa shape index (κ1) is 17.6. The molecule has 0 unspecified atom stereocenters. The topological polar surface area (TPSA) is 107 Å². The summed E-state index contributed by atoms with van der Waals surface area (Å²) >= 11 is -0.0882. The Morgan fingerprint density at radius 3 is 2.88 bits per heavy atom. The average Bonchev–Trinajstić information content (AvgIpc) is 3.05. The second-order valence-corrected chi connectivity index (χ2v) is 8.03. The van der Waals surface area contributed by atoms with Crippen LogP contribution in [0.15, 0.2) is 40.1 Å². The second kappa shape index (κ2) is 7.35. The maximum absolute atomic E-state index is 11.9.